The maximum absolute atomic E-state index is 12.6. The lowest BCUT2D eigenvalue weighted by Gasteiger charge is -2.27. The molecule has 0 unspecified atom stereocenters. The Morgan fingerprint density at radius 3 is 2.29 bits per heavy atom. The number of pyridine rings is 1. The van der Waals surface area contributed by atoms with Crippen LogP contribution in [0.15, 0.2) is 64.5 Å². The number of carbonyl (C=O) groups is 1. The molecule has 2 aromatic carbocycles. The maximum atomic E-state index is 12.6. The number of anilines is 1. The standard InChI is InChI=1S/C29H37N3O2S/c1-28(2,3)22-9-12-23(13-10-22)35-24-11-8-21-14-15-30-26(25(21)20-24)31-16-7-17-32(19-18-31)27(33)34-29(4,5)6/h8-15,20H,7,16-19H2,1-6H3. The van der Waals surface area contributed by atoms with E-state index < -0.39 is 5.60 Å². The van der Waals surface area contributed by atoms with Crippen molar-refractivity contribution in [1.29, 1.82) is 0 Å². The summed E-state index contributed by atoms with van der Waals surface area (Å²) in [6, 6.07) is 17.5. The number of ether oxygens (including phenoxy) is 1. The molecular weight excluding hydrogens is 454 g/mol. The number of rotatable bonds is 3. The minimum atomic E-state index is -0.485. The second kappa shape index (κ2) is 10.1. The summed E-state index contributed by atoms with van der Waals surface area (Å²) < 4.78 is 5.59. The van der Waals surface area contributed by atoms with E-state index in [1.54, 1.807) is 11.8 Å². The summed E-state index contributed by atoms with van der Waals surface area (Å²) in [6.07, 6.45) is 2.53. The van der Waals surface area contributed by atoms with Gasteiger partial charge in [-0.05, 0) is 73.9 Å². The molecule has 4 rings (SSSR count). The molecule has 186 valence electrons. The van der Waals surface area contributed by atoms with E-state index in [4.69, 9.17) is 9.72 Å². The number of carbonyl (C=O) groups excluding carboxylic acids is 1. The van der Waals surface area contributed by atoms with Crippen LogP contribution in [-0.2, 0) is 10.2 Å². The second-order valence-electron chi connectivity index (χ2n) is 11.2. The van der Waals surface area contributed by atoms with Crippen LogP contribution in [0.25, 0.3) is 10.8 Å². The SMILES string of the molecule is CC(C)(C)OC(=O)N1CCCN(c2nccc3ccc(Sc4ccc(C(C)(C)C)cc4)cc23)CC1. The van der Waals surface area contributed by atoms with E-state index in [2.05, 4.69) is 74.2 Å². The van der Waals surface area contributed by atoms with Gasteiger partial charge >= 0.3 is 6.09 Å². The Morgan fingerprint density at radius 1 is 0.886 bits per heavy atom. The van der Waals surface area contributed by atoms with E-state index in [1.807, 2.05) is 31.9 Å². The zero-order chi connectivity index (χ0) is 25.2. The van der Waals surface area contributed by atoms with Crippen LogP contribution in [0, 0.1) is 0 Å². The predicted octanol–water partition coefficient (Wildman–Crippen LogP) is 7.13. The van der Waals surface area contributed by atoms with Crippen molar-refractivity contribution in [2.75, 3.05) is 31.1 Å². The van der Waals surface area contributed by atoms with Gasteiger partial charge < -0.3 is 14.5 Å². The average molecular weight is 492 g/mol. The van der Waals surface area contributed by atoms with Gasteiger partial charge in [0.05, 0.1) is 0 Å². The van der Waals surface area contributed by atoms with Crippen LogP contribution in [0.5, 0.6) is 0 Å². The molecule has 0 N–H and O–H groups in total. The number of benzene rings is 2. The van der Waals surface area contributed by atoms with Crippen molar-refractivity contribution >= 4 is 34.4 Å². The predicted molar refractivity (Wildman–Crippen MR) is 146 cm³/mol. The molecule has 0 saturated carbocycles. The summed E-state index contributed by atoms with van der Waals surface area (Å²) in [4.78, 5) is 23.9. The van der Waals surface area contributed by atoms with E-state index in [-0.39, 0.29) is 11.5 Å². The van der Waals surface area contributed by atoms with E-state index in [0.717, 1.165) is 30.7 Å². The lowest BCUT2D eigenvalue weighted by atomic mass is 9.87. The normalized spacial score (nSPS) is 15.3. The summed E-state index contributed by atoms with van der Waals surface area (Å²) in [5.41, 5.74) is 1.01. The highest BCUT2D eigenvalue weighted by Crippen LogP contribution is 2.34. The van der Waals surface area contributed by atoms with E-state index >= 15 is 0 Å². The lowest BCUT2D eigenvalue weighted by molar-refractivity contribution is 0.0263. The van der Waals surface area contributed by atoms with Crippen LogP contribution in [0.3, 0.4) is 0 Å². The van der Waals surface area contributed by atoms with Crippen molar-refractivity contribution in [1.82, 2.24) is 9.88 Å². The van der Waals surface area contributed by atoms with Crippen LogP contribution in [0.1, 0.15) is 53.5 Å². The third kappa shape index (κ3) is 6.49. The molecule has 1 saturated heterocycles. The molecule has 1 aliphatic heterocycles. The van der Waals surface area contributed by atoms with Crippen molar-refractivity contribution < 1.29 is 9.53 Å². The molecule has 1 aliphatic rings. The fourth-order valence-corrected chi connectivity index (χ4v) is 5.10. The molecule has 0 aliphatic carbocycles. The van der Waals surface area contributed by atoms with Crippen molar-refractivity contribution in [3.8, 4) is 0 Å². The summed E-state index contributed by atoms with van der Waals surface area (Å²) in [6.45, 7) is 15.3. The highest BCUT2D eigenvalue weighted by molar-refractivity contribution is 7.99. The first-order valence-corrected chi connectivity index (χ1v) is 13.2. The number of hydrogen-bond acceptors (Lipinski definition) is 5. The van der Waals surface area contributed by atoms with Gasteiger partial charge in [-0.1, -0.05) is 50.7 Å². The Morgan fingerprint density at radius 2 is 1.60 bits per heavy atom. The molecule has 3 aromatic rings. The second-order valence-corrected chi connectivity index (χ2v) is 12.3. The average Bonchev–Trinajstić information content (AvgIpc) is 3.04. The van der Waals surface area contributed by atoms with Crippen LogP contribution in [0.4, 0.5) is 10.6 Å². The van der Waals surface area contributed by atoms with Gasteiger partial charge in [0.25, 0.3) is 0 Å². The van der Waals surface area contributed by atoms with Gasteiger partial charge in [0.2, 0.25) is 0 Å². The topological polar surface area (TPSA) is 45.7 Å². The fraction of sp³-hybridized carbons (Fsp3) is 0.448. The van der Waals surface area contributed by atoms with Gasteiger partial charge in [0.15, 0.2) is 0 Å². The van der Waals surface area contributed by atoms with Crippen molar-refractivity contribution in [2.24, 2.45) is 0 Å². The molecule has 2 heterocycles. The van der Waals surface area contributed by atoms with Crippen molar-refractivity contribution in [2.45, 2.75) is 68.8 Å². The van der Waals surface area contributed by atoms with Crippen LogP contribution < -0.4 is 4.90 Å². The molecule has 0 spiro atoms. The number of fused-ring (bicyclic) bond motifs is 1. The Balaban J connectivity index is 1.53. The van der Waals surface area contributed by atoms with Crippen LogP contribution in [0.2, 0.25) is 0 Å². The van der Waals surface area contributed by atoms with E-state index in [0.29, 0.717) is 13.1 Å². The Hall–Kier alpha value is -2.73. The third-order valence-corrected chi connectivity index (χ3v) is 7.12. The number of amides is 1. The van der Waals surface area contributed by atoms with Gasteiger partial charge in [-0.25, -0.2) is 9.78 Å². The number of aromatic nitrogens is 1. The van der Waals surface area contributed by atoms with Gasteiger partial charge in [-0.15, -0.1) is 0 Å². The zero-order valence-electron chi connectivity index (χ0n) is 21.8. The quantitative estimate of drug-likeness (QED) is 0.390. The maximum Gasteiger partial charge on any atom is 0.410 e. The molecule has 0 radical (unpaired) electrons. The molecule has 0 bridgehead atoms. The Labute approximate surface area is 213 Å². The Bertz CT molecular complexity index is 1180. The molecule has 1 fully saturated rings. The molecule has 1 aromatic heterocycles. The van der Waals surface area contributed by atoms with E-state index in [9.17, 15) is 4.79 Å². The summed E-state index contributed by atoms with van der Waals surface area (Å²) in [5, 5.41) is 2.32. The third-order valence-electron chi connectivity index (χ3n) is 6.12. The first-order valence-electron chi connectivity index (χ1n) is 12.4. The van der Waals surface area contributed by atoms with Crippen LogP contribution >= 0.6 is 11.8 Å². The zero-order valence-corrected chi connectivity index (χ0v) is 22.6. The van der Waals surface area contributed by atoms with Gasteiger partial charge in [0.1, 0.15) is 11.4 Å². The highest BCUT2D eigenvalue weighted by atomic mass is 32.2. The first kappa shape index (κ1) is 25.4. The molecular formula is C29H37N3O2S. The molecule has 5 nitrogen and oxygen atoms in total. The minimum Gasteiger partial charge on any atom is -0.444 e. The van der Waals surface area contributed by atoms with E-state index in [1.165, 1.54) is 20.7 Å². The van der Waals surface area contributed by atoms with Crippen LogP contribution in [-0.4, -0.2) is 47.8 Å². The minimum absolute atomic E-state index is 0.152. The highest BCUT2D eigenvalue weighted by Gasteiger charge is 2.25. The van der Waals surface area contributed by atoms with Gasteiger partial charge in [0, 0.05) is 47.6 Å². The first-order chi connectivity index (χ1) is 16.5. The van der Waals surface area contributed by atoms with Gasteiger partial charge in [-0.2, -0.15) is 0 Å². The summed E-state index contributed by atoms with van der Waals surface area (Å²) >= 11 is 1.78. The number of nitrogens with zero attached hydrogens (tertiary/aromatic N) is 3. The molecule has 1 amide bonds. The van der Waals surface area contributed by atoms with Crippen molar-refractivity contribution in [3.05, 3.63) is 60.3 Å². The summed E-state index contributed by atoms with van der Waals surface area (Å²) in [7, 11) is 0. The summed E-state index contributed by atoms with van der Waals surface area (Å²) in [5.74, 6) is 0.985. The molecule has 35 heavy (non-hydrogen) atoms. The largest absolute Gasteiger partial charge is 0.444 e. The monoisotopic (exact) mass is 491 g/mol. The molecule has 6 heteroatoms. The Kier molecular flexibility index (Phi) is 7.32. The molecule has 0 atom stereocenters. The lowest BCUT2D eigenvalue weighted by Crippen LogP contribution is -2.39. The fourth-order valence-electron chi connectivity index (χ4n) is 4.24. The van der Waals surface area contributed by atoms with Crippen molar-refractivity contribution in [3.63, 3.8) is 0 Å². The number of hydrogen-bond donors (Lipinski definition) is 0. The van der Waals surface area contributed by atoms with Gasteiger partial charge in [-0.3, -0.25) is 0 Å². The smallest absolute Gasteiger partial charge is 0.410 e.